The molecule has 0 radical (unpaired) electrons. The maximum absolute atomic E-state index is 12.7. The molecule has 0 spiro atoms. The van der Waals surface area contributed by atoms with Crippen LogP contribution in [0.25, 0.3) is 0 Å². The molecule has 1 aromatic rings. The predicted molar refractivity (Wildman–Crippen MR) is 72.9 cm³/mol. The molecule has 3 heteroatoms. The first-order valence-corrected chi connectivity index (χ1v) is 7.16. The van der Waals surface area contributed by atoms with Crippen LogP contribution in [0.15, 0.2) is 12.1 Å². The van der Waals surface area contributed by atoms with Gasteiger partial charge in [0.15, 0.2) is 5.78 Å². The number of rotatable bonds is 3. The molecule has 94 valence electrons. The van der Waals surface area contributed by atoms with Crippen LogP contribution in [0, 0.1) is 6.92 Å². The minimum Gasteiger partial charge on any atom is -0.297 e. The van der Waals surface area contributed by atoms with Crippen molar-refractivity contribution in [2.45, 2.75) is 44.6 Å². The first-order chi connectivity index (χ1) is 8.06. The van der Waals surface area contributed by atoms with Gasteiger partial charge in [0, 0.05) is 4.88 Å². The number of Topliss-reactive ketones (excluding diaryl/α,β-unsaturated/α-hetero) is 1. The zero-order valence-electron chi connectivity index (χ0n) is 11.0. The average Bonchev–Trinajstić information content (AvgIpc) is 2.75. The molecule has 0 unspecified atom stereocenters. The fourth-order valence-corrected chi connectivity index (χ4v) is 3.70. The third-order valence-electron chi connectivity index (χ3n) is 3.92. The van der Waals surface area contributed by atoms with Crippen molar-refractivity contribution >= 4 is 17.1 Å². The zero-order chi connectivity index (χ0) is 12.5. The molecule has 1 aromatic heterocycles. The highest BCUT2D eigenvalue weighted by atomic mass is 32.1. The van der Waals surface area contributed by atoms with Crippen molar-refractivity contribution in [2.24, 2.45) is 0 Å². The van der Waals surface area contributed by atoms with Gasteiger partial charge in [0.05, 0.1) is 10.4 Å². The van der Waals surface area contributed by atoms with E-state index >= 15 is 0 Å². The van der Waals surface area contributed by atoms with Gasteiger partial charge >= 0.3 is 0 Å². The molecular formula is C14H21NOS. The first kappa shape index (κ1) is 12.8. The average molecular weight is 251 g/mol. The number of ketones is 1. The van der Waals surface area contributed by atoms with Crippen molar-refractivity contribution in [2.75, 3.05) is 14.1 Å². The van der Waals surface area contributed by atoms with Crippen molar-refractivity contribution in [1.82, 2.24) is 4.90 Å². The summed E-state index contributed by atoms with van der Waals surface area (Å²) in [5.74, 6) is 0.334. The lowest BCUT2D eigenvalue weighted by molar-refractivity contribution is 0.0568. The number of nitrogens with zero attached hydrogens (tertiary/aromatic N) is 1. The number of aryl methyl sites for hydroxylation is 1. The highest BCUT2D eigenvalue weighted by Crippen LogP contribution is 2.36. The number of thiophene rings is 1. The number of carbonyl (C=O) groups is 1. The van der Waals surface area contributed by atoms with Gasteiger partial charge in [-0.3, -0.25) is 9.69 Å². The summed E-state index contributed by atoms with van der Waals surface area (Å²) in [6.07, 6.45) is 5.64. The third-order valence-corrected chi connectivity index (χ3v) is 4.92. The van der Waals surface area contributed by atoms with Crippen molar-refractivity contribution in [3.63, 3.8) is 0 Å². The summed E-state index contributed by atoms with van der Waals surface area (Å²) in [6.45, 7) is 2.06. The number of hydrogen-bond donors (Lipinski definition) is 0. The number of likely N-dealkylation sites (N-methyl/N-ethyl adjacent to an activating group) is 1. The molecule has 2 rings (SSSR count). The minimum absolute atomic E-state index is 0.241. The van der Waals surface area contributed by atoms with Crippen molar-refractivity contribution in [1.29, 1.82) is 0 Å². The molecule has 1 fully saturated rings. The van der Waals surface area contributed by atoms with Crippen LogP contribution >= 0.6 is 11.3 Å². The van der Waals surface area contributed by atoms with Crippen LogP contribution in [-0.4, -0.2) is 30.3 Å². The molecule has 2 nitrogen and oxygen atoms in total. The summed E-state index contributed by atoms with van der Waals surface area (Å²) in [6, 6.07) is 4.03. The second-order valence-corrected chi connectivity index (χ2v) is 6.51. The highest BCUT2D eigenvalue weighted by molar-refractivity contribution is 7.14. The second kappa shape index (κ2) is 4.91. The molecule has 0 saturated heterocycles. The van der Waals surface area contributed by atoms with E-state index < -0.39 is 0 Å². The van der Waals surface area contributed by atoms with Gasteiger partial charge in [-0.05, 0) is 46.0 Å². The van der Waals surface area contributed by atoms with Crippen LogP contribution in [0.3, 0.4) is 0 Å². The molecule has 1 aliphatic rings. The molecule has 0 N–H and O–H groups in total. The van der Waals surface area contributed by atoms with E-state index in [1.165, 1.54) is 24.1 Å². The van der Waals surface area contributed by atoms with E-state index in [9.17, 15) is 4.79 Å². The van der Waals surface area contributed by atoms with E-state index in [0.29, 0.717) is 5.78 Å². The van der Waals surface area contributed by atoms with Crippen molar-refractivity contribution in [3.8, 4) is 0 Å². The second-order valence-electron chi connectivity index (χ2n) is 5.23. The Kier molecular flexibility index (Phi) is 3.69. The Morgan fingerprint density at radius 3 is 2.35 bits per heavy atom. The Morgan fingerprint density at radius 2 is 1.88 bits per heavy atom. The smallest absolute Gasteiger partial charge is 0.192 e. The van der Waals surface area contributed by atoms with Crippen molar-refractivity contribution < 1.29 is 4.79 Å². The summed E-state index contributed by atoms with van der Waals surface area (Å²) < 4.78 is 0. The summed E-state index contributed by atoms with van der Waals surface area (Å²) in [7, 11) is 4.09. The van der Waals surface area contributed by atoms with Gasteiger partial charge < -0.3 is 0 Å². The summed E-state index contributed by atoms with van der Waals surface area (Å²) in [5, 5.41) is 0. The Morgan fingerprint density at radius 1 is 1.24 bits per heavy atom. The molecule has 17 heavy (non-hydrogen) atoms. The van der Waals surface area contributed by atoms with Gasteiger partial charge in [0.25, 0.3) is 0 Å². The van der Waals surface area contributed by atoms with Crippen LogP contribution in [-0.2, 0) is 0 Å². The lowest BCUT2D eigenvalue weighted by Gasteiger charge is -2.41. The summed E-state index contributed by atoms with van der Waals surface area (Å²) in [4.78, 5) is 17.0. The fourth-order valence-electron chi connectivity index (χ4n) is 2.80. The Bertz CT molecular complexity index is 402. The topological polar surface area (TPSA) is 20.3 Å². The minimum atomic E-state index is -0.241. The van der Waals surface area contributed by atoms with E-state index in [-0.39, 0.29) is 5.54 Å². The summed E-state index contributed by atoms with van der Waals surface area (Å²) in [5.41, 5.74) is -0.241. The molecule has 0 amide bonds. The number of hydrogen-bond acceptors (Lipinski definition) is 3. The van der Waals surface area contributed by atoms with E-state index in [4.69, 9.17) is 0 Å². The molecule has 1 saturated carbocycles. The van der Waals surface area contributed by atoms with Gasteiger partial charge in [-0.2, -0.15) is 0 Å². The van der Waals surface area contributed by atoms with Crippen LogP contribution in [0.4, 0.5) is 0 Å². The fraction of sp³-hybridized carbons (Fsp3) is 0.643. The van der Waals surface area contributed by atoms with Crippen molar-refractivity contribution in [3.05, 3.63) is 21.9 Å². The van der Waals surface area contributed by atoms with Crippen LogP contribution in [0.1, 0.15) is 46.7 Å². The molecule has 0 bridgehead atoms. The molecular weight excluding hydrogens is 230 g/mol. The van der Waals surface area contributed by atoms with Gasteiger partial charge in [-0.25, -0.2) is 0 Å². The SMILES string of the molecule is Cc1ccc(C(=O)C2(N(C)C)CCCCC2)s1. The normalized spacial score (nSPS) is 19.5. The Balaban J connectivity index is 2.30. The van der Waals surface area contributed by atoms with E-state index in [1.54, 1.807) is 11.3 Å². The number of carbonyl (C=O) groups excluding carboxylic acids is 1. The third kappa shape index (κ3) is 2.31. The standard InChI is InChI=1S/C14H21NOS/c1-11-7-8-12(17-11)13(16)14(15(2)3)9-5-4-6-10-14/h7-8H,4-6,9-10H2,1-3H3. The summed E-state index contributed by atoms with van der Waals surface area (Å²) >= 11 is 1.63. The largest absolute Gasteiger partial charge is 0.297 e. The zero-order valence-corrected chi connectivity index (χ0v) is 11.8. The van der Waals surface area contributed by atoms with Crippen LogP contribution in [0.5, 0.6) is 0 Å². The van der Waals surface area contributed by atoms with Gasteiger partial charge in [0.2, 0.25) is 0 Å². The van der Waals surface area contributed by atoms with Gasteiger partial charge in [0.1, 0.15) is 0 Å². The maximum Gasteiger partial charge on any atom is 0.192 e. The van der Waals surface area contributed by atoms with Gasteiger partial charge in [-0.15, -0.1) is 11.3 Å². The molecule has 1 heterocycles. The van der Waals surface area contributed by atoms with E-state index in [1.807, 2.05) is 26.2 Å². The van der Waals surface area contributed by atoms with E-state index in [2.05, 4.69) is 11.8 Å². The molecule has 0 atom stereocenters. The molecule has 1 aliphatic carbocycles. The Hall–Kier alpha value is -0.670. The van der Waals surface area contributed by atoms with Crippen LogP contribution < -0.4 is 0 Å². The molecule has 0 aromatic carbocycles. The predicted octanol–water partition coefficient (Wildman–Crippen LogP) is 3.50. The van der Waals surface area contributed by atoms with Crippen LogP contribution in [0.2, 0.25) is 0 Å². The maximum atomic E-state index is 12.7. The lowest BCUT2D eigenvalue weighted by atomic mass is 9.77. The quantitative estimate of drug-likeness (QED) is 0.766. The first-order valence-electron chi connectivity index (χ1n) is 6.35. The molecule has 0 aliphatic heterocycles. The monoisotopic (exact) mass is 251 g/mol. The Labute approximate surface area is 108 Å². The lowest BCUT2D eigenvalue weighted by Crippen LogP contribution is -2.52. The van der Waals surface area contributed by atoms with Gasteiger partial charge in [-0.1, -0.05) is 19.3 Å². The highest BCUT2D eigenvalue weighted by Gasteiger charge is 2.42. The van der Waals surface area contributed by atoms with E-state index in [0.717, 1.165) is 17.7 Å².